The summed E-state index contributed by atoms with van der Waals surface area (Å²) in [6, 6.07) is 17.1. The minimum atomic E-state index is -0.262. The molecule has 1 atom stereocenters. The van der Waals surface area contributed by atoms with Crippen LogP contribution in [-0.4, -0.2) is 63.8 Å². The van der Waals surface area contributed by atoms with Crippen LogP contribution in [0.3, 0.4) is 0 Å². The third-order valence-corrected chi connectivity index (χ3v) is 9.82. The first kappa shape index (κ1) is 31.5. The molecular weight excluding hydrogens is 577 g/mol. The van der Waals surface area contributed by atoms with Gasteiger partial charge in [0.1, 0.15) is 5.82 Å². The van der Waals surface area contributed by atoms with Crippen LogP contribution in [0, 0.1) is 26.6 Å². The van der Waals surface area contributed by atoms with Gasteiger partial charge in [-0.3, -0.25) is 14.5 Å². The normalized spacial score (nSPS) is 15.0. The van der Waals surface area contributed by atoms with Crippen molar-refractivity contribution in [3.8, 4) is 0 Å². The number of rotatable bonds is 10. The van der Waals surface area contributed by atoms with E-state index in [2.05, 4.69) is 59.2 Å². The highest BCUT2D eigenvalue weighted by atomic mass is 19.1. The van der Waals surface area contributed by atoms with E-state index in [-0.39, 0.29) is 23.7 Å². The quantitative estimate of drug-likeness (QED) is 0.163. The maximum atomic E-state index is 14.0. The van der Waals surface area contributed by atoms with Crippen molar-refractivity contribution in [2.24, 2.45) is 0 Å². The number of carbonyl (C=O) groups excluding carboxylic acids is 2. The standard InChI is InChI=1S/C38H44FN5O2/c1-24-15-28(16-25(2)26(24)3)21-44(27(4)45)22-32(17-30-19-40-36-8-6-5-7-33(30)36)42-38(46)23-43-13-11-29(12-14-43)35-20-41-37-10-9-31(39)18-34(35)37/h5-10,15-16,18-20,29,32,40-41H,11-14,17,21-23H2,1-4H3,(H,42,46)/t32-/m1/s1. The summed E-state index contributed by atoms with van der Waals surface area (Å²) in [6.45, 7) is 10.7. The summed E-state index contributed by atoms with van der Waals surface area (Å²) < 4.78 is 14.0. The molecule has 1 fully saturated rings. The van der Waals surface area contributed by atoms with Crippen LogP contribution in [0.25, 0.3) is 21.8 Å². The molecule has 0 spiro atoms. The molecule has 2 aromatic heterocycles. The number of likely N-dealkylation sites (tertiary alicyclic amines) is 1. The molecule has 46 heavy (non-hydrogen) atoms. The Morgan fingerprint density at radius 2 is 1.65 bits per heavy atom. The number of amides is 2. The number of para-hydroxylation sites is 1. The molecule has 8 heteroatoms. The lowest BCUT2D eigenvalue weighted by Crippen LogP contribution is -2.49. The lowest BCUT2D eigenvalue weighted by molar-refractivity contribution is -0.131. The van der Waals surface area contributed by atoms with Crippen LogP contribution in [0.15, 0.2) is 67.0 Å². The largest absolute Gasteiger partial charge is 0.361 e. The van der Waals surface area contributed by atoms with Gasteiger partial charge in [0, 0.05) is 54.2 Å². The van der Waals surface area contributed by atoms with Crippen molar-refractivity contribution in [2.45, 2.75) is 65.5 Å². The highest BCUT2D eigenvalue weighted by molar-refractivity contribution is 5.84. The summed E-state index contributed by atoms with van der Waals surface area (Å²) in [4.78, 5) is 37.2. The van der Waals surface area contributed by atoms with Gasteiger partial charge < -0.3 is 20.2 Å². The predicted molar refractivity (Wildman–Crippen MR) is 182 cm³/mol. The molecule has 0 aliphatic carbocycles. The summed E-state index contributed by atoms with van der Waals surface area (Å²) >= 11 is 0. The number of hydrogen-bond acceptors (Lipinski definition) is 3. The number of aromatic amines is 2. The number of carbonyl (C=O) groups is 2. The van der Waals surface area contributed by atoms with E-state index in [0.717, 1.165) is 64.4 Å². The number of hydrogen-bond donors (Lipinski definition) is 3. The highest BCUT2D eigenvalue weighted by Crippen LogP contribution is 2.33. The molecule has 5 aromatic rings. The maximum Gasteiger partial charge on any atom is 0.234 e. The van der Waals surface area contributed by atoms with E-state index in [1.54, 1.807) is 19.1 Å². The molecule has 3 heterocycles. The van der Waals surface area contributed by atoms with Gasteiger partial charge in [-0.05, 0) is 117 Å². The van der Waals surface area contributed by atoms with Gasteiger partial charge in [0.15, 0.2) is 0 Å². The molecule has 3 N–H and O–H groups in total. The van der Waals surface area contributed by atoms with Gasteiger partial charge in [0.2, 0.25) is 11.8 Å². The molecule has 7 nitrogen and oxygen atoms in total. The summed E-state index contributed by atoms with van der Waals surface area (Å²) in [5.74, 6) is 0.0380. The monoisotopic (exact) mass is 621 g/mol. The molecular formula is C38H44FN5O2. The first-order chi connectivity index (χ1) is 22.1. The van der Waals surface area contributed by atoms with Crippen molar-refractivity contribution >= 4 is 33.6 Å². The zero-order chi connectivity index (χ0) is 32.4. The van der Waals surface area contributed by atoms with E-state index >= 15 is 0 Å². The zero-order valence-corrected chi connectivity index (χ0v) is 27.3. The van der Waals surface area contributed by atoms with E-state index in [4.69, 9.17) is 0 Å². The van der Waals surface area contributed by atoms with Crippen LogP contribution in [-0.2, 0) is 22.6 Å². The summed E-state index contributed by atoms with van der Waals surface area (Å²) in [5.41, 5.74) is 9.05. The van der Waals surface area contributed by atoms with E-state index < -0.39 is 0 Å². The van der Waals surface area contributed by atoms with Crippen LogP contribution in [0.4, 0.5) is 4.39 Å². The first-order valence-corrected chi connectivity index (χ1v) is 16.3. The van der Waals surface area contributed by atoms with Crippen molar-refractivity contribution < 1.29 is 14.0 Å². The molecule has 3 aromatic carbocycles. The van der Waals surface area contributed by atoms with Gasteiger partial charge in [-0.25, -0.2) is 4.39 Å². The van der Waals surface area contributed by atoms with Gasteiger partial charge in [0.25, 0.3) is 0 Å². The summed E-state index contributed by atoms with van der Waals surface area (Å²) in [6.07, 6.45) is 6.43. The number of H-pyrrole nitrogens is 2. The Labute approximate surface area is 270 Å². The van der Waals surface area contributed by atoms with Gasteiger partial charge in [-0.15, -0.1) is 0 Å². The third-order valence-electron chi connectivity index (χ3n) is 9.82. The second-order valence-electron chi connectivity index (χ2n) is 13.1. The number of nitrogens with one attached hydrogen (secondary N) is 3. The Morgan fingerprint density at radius 1 is 0.957 bits per heavy atom. The molecule has 0 radical (unpaired) electrons. The number of fused-ring (bicyclic) bond motifs is 2. The van der Waals surface area contributed by atoms with Crippen molar-refractivity contribution in [3.63, 3.8) is 0 Å². The minimum Gasteiger partial charge on any atom is -0.361 e. The first-order valence-electron chi connectivity index (χ1n) is 16.3. The van der Waals surface area contributed by atoms with Crippen molar-refractivity contribution in [1.29, 1.82) is 0 Å². The topological polar surface area (TPSA) is 84.2 Å². The maximum absolute atomic E-state index is 14.0. The van der Waals surface area contributed by atoms with Gasteiger partial charge >= 0.3 is 0 Å². The number of aromatic nitrogens is 2. The van der Waals surface area contributed by atoms with E-state index in [1.165, 1.54) is 22.8 Å². The van der Waals surface area contributed by atoms with E-state index in [9.17, 15) is 14.0 Å². The zero-order valence-electron chi connectivity index (χ0n) is 27.3. The van der Waals surface area contributed by atoms with Crippen molar-refractivity contribution in [3.05, 3.63) is 106 Å². The SMILES string of the molecule is CC(=O)N(Cc1cc(C)c(C)c(C)c1)C[C@@H](Cc1c[nH]c2ccccc12)NC(=O)CN1CCC(c2c[nH]c3ccc(F)cc23)CC1. The number of nitrogens with zero attached hydrogens (tertiary/aromatic N) is 2. The Balaban J connectivity index is 1.14. The van der Waals surface area contributed by atoms with Crippen LogP contribution in [0.5, 0.6) is 0 Å². The summed E-state index contributed by atoms with van der Waals surface area (Å²) in [5, 5.41) is 5.38. The van der Waals surface area contributed by atoms with E-state index in [0.29, 0.717) is 32.0 Å². The third kappa shape index (κ3) is 7.02. The Hall–Kier alpha value is -4.43. The molecule has 2 amide bonds. The second-order valence-corrected chi connectivity index (χ2v) is 13.1. The predicted octanol–water partition coefficient (Wildman–Crippen LogP) is 6.67. The Bertz CT molecular complexity index is 1840. The molecule has 240 valence electrons. The van der Waals surface area contributed by atoms with Gasteiger partial charge in [-0.1, -0.05) is 30.3 Å². The lowest BCUT2D eigenvalue weighted by Gasteiger charge is -2.32. The second kappa shape index (κ2) is 13.5. The smallest absolute Gasteiger partial charge is 0.234 e. The van der Waals surface area contributed by atoms with Crippen molar-refractivity contribution in [1.82, 2.24) is 25.1 Å². The summed E-state index contributed by atoms with van der Waals surface area (Å²) in [7, 11) is 0. The average Bonchev–Trinajstić information content (AvgIpc) is 3.63. The number of aryl methyl sites for hydroxylation is 2. The molecule has 1 saturated heterocycles. The molecule has 0 unspecified atom stereocenters. The molecule has 1 aliphatic rings. The fourth-order valence-electron chi connectivity index (χ4n) is 7.07. The average molecular weight is 622 g/mol. The molecule has 0 saturated carbocycles. The number of piperidine rings is 1. The minimum absolute atomic E-state index is 0.0201. The highest BCUT2D eigenvalue weighted by Gasteiger charge is 2.26. The molecule has 0 bridgehead atoms. The van der Waals surface area contributed by atoms with E-state index in [1.807, 2.05) is 35.5 Å². The van der Waals surface area contributed by atoms with Crippen LogP contribution >= 0.6 is 0 Å². The number of benzene rings is 3. The van der Waals surface area contributed by atoms with Gasteiger partial charge in [0.05, 0.1) is 12.6 Å². The van der Waals surface area contributed by atoms with Crippen molar-refractivity contribution in [2.75, 3.05) is 26.2 Å². The molecule has 6 rings (SSSR count). The van der Waals surface area contributed by atoms with Crippen LogP contribution in [0.2, 0.25) is 0 Å². The lowest BCUT2D eigenvalue weighted by atomic mass is 9.89. The van der Waals surface area contributed by atoms with Gasteiger partial charge in [-0.2, -0.15) is 0 Å². The fraction of sp³-hybridized carbons (Fsp3) is 0.368. The van der Waals surface area contributed by atoms with Crippen LogP contribution in [0.1, 0.15) is 59.1 Å². The molecule has 1 aliphatic heterocycles. The Kier molecular flexibility index (Phi) is 9.27. The fourth-order valence-corrected chi connectivity index (χ4v) is 7.07. The Morgan fingerprint density at radius 3 is 2.39 bits per heavy atom. The number of halogens is 1. The van der Waals surface area contributed by atoms with Crippen LogP contribution < -0.4 is 5.32 Å².